The van der Waals surface area contributed by atoms with E-state index in [4.69, 9.17) is 14.2 Å². The van der Waals surface area contributed by atoms with Gasteiger partial charge >= 0.3 is 5.97 Å². The lowest BCUT2D eigenvalue weighted by molar-refractivity contribution is -0.132. The number of aliphatic hydroxyl groups is 1. The van der Waals surface area contributed by atoms with E-state index >= 15 is 0 Å². The fraction of sp³-hybridized carbons (Fsp3) is 0.500. The SMILES string of the molecule is COC1=CC2C(C[C@H]1O)c1c(ccc(OC)c1OC(C)=O)C(=O)[C@@H]2N(C)C. The molecule has 2 unspecified atom stereocenters. The van der Waals surface area contributed by atoms with Crippen molar-refractivity contribution in [2.75, 3.05) is 28.3 Å². The fourth-order valence-electron chi connectivity index (χ4n) is 4.24. The molecule has 0 spiro atoms. The van der Waals surface area contributed by atoms with Crippen LogP contribution in [0.3, 0.4) is 0 Å². The summed E-state index contributed by atoms with van der Waals surface area (Å²) in [7, 11) is 6.70. The van der Waals surface area contributed by atoms with Gasteiger partial charge in [-0.05, 0) is 44.6 Å². The van der Waals surface area contributed by atoms with Crippen molar-refractivity contribution in [3.05, 3.63) is 35.1 Å². The smallest absolute Gasteiger partial charge is 0.308 e. The van der Waals surface area contributed by atoms with Gasteiger partial charge in [-0.3, -0.25) is 14.5 Å². The Labute approximate surface area is 158 Å². The predicted molar refractivity (Wildman–Crippen MR) is 98.1 cm³/mol. The largest absolute Gasteiger partial charge is 0.499 e. The average Bonchev–Trinajstić information content (AvgIpc) is 2.61. The summed E-state index contributed by atoms with van der Waals surface area (Å²) in [6, 6.07) is 2.94. The second kappa shape index (κ2) is 7.32. The van der Waals surface area contributed by atoms with Crippen molar-refractivity contribution in [2.24, 2.45) is 5.92 Å². The number of hydrogen-bond acceptors (Lipinski definition) is 7. The Morgan fingerprint density at radius 1 is 1.22 bits per heavy atom. The molecule has 0 aliphatic heterocycles. The molecule has 0 bridgehead atoms. The van der Waals surface area contributed by atoms with Crippen LogP contribution in [0.5, 0.6) is 11.5 Å². The van der Waals surface area contributed by atoms with E-state index in [0.717, 1.165) is 0 Å². The van der Waals surface area contributed by atoms with Crippen LogP contribution < -0.4 is 9.47 Å². The number of benzene rings is 1. The van der Waals surface area contributed by atoms with E-state index in [-0.39, 0.29) is 23.4 Å². The molecule has 0 heterocycles. The quantitative estimate of drug-likeness (QED) is 0.634. The molecule has 1 N–H and O–H groups in total. The molecule has 2 aliphatic rings. The zero-order valence-corrected chi connectivity index (χ0v) is 16.2. The number of ether oxygens (including phenoxy) is 3. The first-order chi connectivity index (χ1) is 12.8. The van der Waals surface area contributed by atoms with E-state index in [1.807, 2.05) is 25.1 Å². The van der Waals surface area contributed by atoms with Crippen LogP contribution in [0.25, 0.3) is 0 Å². The molecule has 0 amide bonds. The first kappa shape index (κ1) is 19.4. The molecule has 1 aromatic rings. The number of Topliss-reactive ketones (excluding diaryl/α,β-unsaturated/α-hetero) is 1. The molecule has 1 aromatic carbocycles. The highest BCUT2D eigenvalue weighted by Gasteiger charge is 2.48. The Morgan fingerprint density at radius 2 is 1.93 bits per heavy atom. The van der Waals surface area contributed by atoms with Crippen molar-refractivity contribution in [3.8, 4) is 11.5 Å². The van der Waals surface area contributed by atoms with Crippen molar-refractivity contribution < 1.29 is 28.9 Å². The number of ketones is 1. The highest BCUT2D eigenvalue weighted by Crippen LogP contribution is 2.51. The minimum absolute atomic E-state index is 0.0598. The first-order valence-corrected chi connectivity index (χ1v) is 8.83. The number of likely N-dealkylation sites (N-methyl/N-ethyl adjacent to an activating group) is 1. The van der Waals surface area contributed by atoms with E-state index in [0.29, 0.717) is 29.1 Å². The van der Waals surface area contributed by atoms with Gasteiger partial charge in [0.1, 0.15) is 11.9 Å². The summed E-state index contributed by atoms with van der Waals surface area (Å²) in [6.45, 7) is 1.31. The molecule has 7 nitrogen and oxygen atoms in total. The maximum atomic E-state index is 13.3. The van der Waals surface area contributed by atoms with Gasteiger partial charge in [0.2, 0.25) is 0 Å². The van der Waals surface area contributed by atoms with E-state index in [1.54, 1.807) is 12.1 Å². The summed E-state index contributed by atoms with van der Waals surface area (Å²) < 4.78 is 16.1. The third kappa shape index (κ3) is 3.21. The molecular formula is C20H25NO6. The summed E-state index contributed by atoms with van der Waals surface area (Å²) in [5, 5.41) is 10.5. The van der Waals surface area contributed by atoms with Crippen LogP contribution in [-0.4, -0.2) is 62.2 Å². The normalized spacial score (nSPS) is 26.8. The van der Waals surface area contributed by atoms with Crippen molar-refractivity contribution >= 4 is 11.8 Å². The Morgan fingerprint density at radius 3 is 2.48 bits per heavy atom. The molecule has 3 rings (SSSR count). The minimum Gasteiger partial charge on any atom is -0.499 e. The fourth-order valence-corrected chi connectivity index (χ4v) is 4.24. The van der Waals surface area contributed by atoms with Gasteiger partial charge in [0.15, 0.2) is 17.3 Å². The summed E-state index contributed by atoms with van der Waals surface area (Å²) in [5.41, 5.74) is 1.11. The number of carbonyl (C=O) groups is 2. The lowest BCUT2D eigenvalue weighted by atomic mass is 9.66. The Kier molecular flexibility index (Phi) is 5.26. The van der Waals surface area contributed by atoms with E-state index in [9.17, 15) is 14.7 Å². The Hall–Kier alpha value is -2.38. The van der Waals surface area contributed by atoms with Gasteiger partial charge in [-0.1, -0.05) is 0 Å². The average molecular weight is 375 g/mol. The number of aliphatic hydroxyl groups excluding tert-OH is 1. The molecule has 2 aliphatic carbocycles. The molecule has 146 valence electrons. The number of nitrogens with zero attached hydrogens (tertiary/aromatic N) is 1. The molecular weight excluding hydrogens is 350 g/mol. The van der Waals surface area contributed by atoms with Gasteiger partial charge in [0.05, 0.1) is 20.3 Å². The third-order valence-corrected chi connectivity index (χ3v) is 5.31. The van der Waals surface area contributed by atoms with Gasteiger partial charge in [0.25, 0.3) is 0 Å². The molecule has 0 aromatic heterocycles. The van der Waals surface area contributed by atoms with Crippen molar-refractivity contribution in [3.63, 3.8) is 0 Å². The molecule has 4 atom stereocenters. The lowest BCUT2D eigenvalue weighted by Crippen LogP contribution is -2.49. The number of methoxy groups -OCH3 is 2. The van der Waals surface area contributed by atoms with Gasteiger partial charge in [-0.15, -0.1) is 0 Å². The highest BCUT2D eigenvalue weighted by molar-refractivity contribution is 6.04. The monoisotopic (exact) mass is 375 g/mol. The Bertz CT molecular complexity index is 800. The van der Waals surface area contributed by atoms with E-state index in [1.165, 1.54) is 21.1 Å². The van der Waals surface area contributed by atoms with Gasteiger partial charge in [0, 0.05) is 24.0 Å². The van der Waals surface area contributed by atoms with Crippen molar-refractivity contribution in [2.45, 2.75) is 31.4 Å². The topological polar surface area (TPSA) is 85.3 Å². The molecule has 7 heteroatoms. The zero-order valence-electron chi connectivity index (χ0n) is 16.2. The van der Waals surface area contributed by atoms with Crippen LogP contribution in [-0.2, 0) is 9.53 Å². The van der Waals surface area contributed by atoms with Crippen LogP contribution in [0.4, 0.5) is 0 Å². The van der Waals surface area contributed by atoms with Crippen LogP contribution in [0.15, 0.2) is 24.0 Å². The minimum atomic E-state index is -0.795. The second-order valence-electron chi connectivity index (χ2n) is 7.13. The maximum absolute atomic E-state index is 13.3. The maximum Gasteiger partial charge on any atom is 0.308 e. The summed E-state index contributed by atoms with van der Waals surface area (Å²) >= 11 is 0. The number of rotatable bonds is 4. The number of esters is 1. The molecule has 0 saturated heterocycles. The van der Waals surface area contributed by atoms with Crippen molar-refractivity contribution in [1.29, 1.82) is 0 Å². The molecule has 27 heavy (non-hydrogen) atoms. The van der Waals surface area contributed by atoms with Crippen molar-refractivity contribution in [1.82, 2.24) is 4.90 Å². The number of carbonyl (C=O) groups excluding carboxylic acids is 2. The summed E-state index contributed by atoms with van der Waals surface area (Å²) in [4.78, 5) is 26.8. The Balaban J connectivity index is 2.26. The molecule has 0 saturated carbocycles. The van der Waals surface area contributed by atoms with Crippen LogP contribution >= 0.6 is 0 Å². The highest BCUT2D eigenvalue weighted by atomic mass is 16.6. The van der Waals surface area contributed by atoms with E-state index < -0.39 is 18.1 Å². The molecule has 0 radical (unpaired) electrons. The van der Waals surface area contributed by atoms with Gasteiger partial charge in [-0.25, -0.2) is 0 Å². The predicted octanol–water partition coefficient (Wildman–Crippen LogP) is 1.74. The lowest BCUT2D eigenvalue weighted by Gasteiger charge is -2.44. The number of hydrogen-bond donors (Lipinski definition) is 1. The second-order valence-corrected chi connectivity index (χ2v) is 7.13. The zero-order chi connectivity index (χ0) is 19.9. The molecule has 0 fully saturated rings. The van der Waals surface area contributed by atoms with Crippen LogP contribution in [0.2, 0.25) is 0 Å². The number of fused-ring (bicyclic) bond motifs is 3. The van der Waals surface area contributed by atoms with Gasteiger partial charge < -0.3 is 19.3 Å². The standard InChI is InChI=1S/C20H25NO6/c1-10(22)27-20-15(25-4)7-6-11-17(20)12-8-14(23)16(26-5)9-13(12)18(19(11)24)21(2)3/h6-7,9,12-14,18,23H,8H2,1-5H3/t12?,13?,14-,18-/m1/s1. The van der Waals surface area contributed by atoms with E-state index in [2.05, 4.69) is 0 Å². The summed E-state index contributed by atoms with van der Waals surface area (Å²) in [6.07, 6.45) is 1.38. The van der Waals surface area contributed by atoms with Crippen LogP contribution in [0, 0.1) is 5.92 Å². The third-order valence-electron chi connectivity index (χ3n) is 5.31. The van der Waals surface area contributed by atoms with Crippen LogP contribution in [0.1, 0.15) is 35.2 Å². The first-order valence-electron chi connectivity index (χ1n) is 8.83. The summed E-state index contributed by atoms with van der Waals surface area (Å²) in [5.74, 6) is 0.0964. The van der Waals surface area contributed by atoms with Gasteiger partial charge in [-0.2, -0.15) is 0 Å².